The molecule has 1 aromatic carbocycles. The van der Waals surface area contributed by atoms with Crippen LogP contribution in [0.15, 0.2) is 36.9 Å². The third kappa shape index (κ3) is 22.1. The lowest BCUT2D eigenvalue weighted by atomic mass is 9.90. The number of halogens is 9. The minimum Gasteiger partial charge on any atom is -0.456 e. The highest BCUT2D eigenvalue weighted by Gasteiger charge is 2.47. The van der Waals surface area contributed by atoms with Gasteiger partial charge in [0.1, 0.15) is 0 Å². The quantitative estimate of drug-likeness (QED) is 0.0302. The van der Waals surface area contributed by atoms with E-state index in [4.69, 9.17) is 14.2 Å². The van der Waals surface area contributed by atoms with Crippen molar-refractivity contribution in [2.24, 2.45) is 11.8 Å². The third-order valence-corrected chi connectivity index (χ3v) is 24.4. The van der Waals surface area contributed by atoms with Crippen LogP contribution in [0.1, 0.15) is 41.5 Å². The number of likely N-dealkylation sites (N-methyl/N-ethyl adjacent to an activating group) is 3. The van der Waals surface area contributed by atoms with Gasteiger partial charge in [0.15, 0.2) is 19.8 Å². The number of rotatable bonds is 24. The number of anilines is 1. The standard InChI is InChI=1S/C54H64I9N9O21/c1-22(76)91-19-28(82)64-46-40(58)31(49(85)67(4)13-25(79)16-73)37(55)34(43(46)61)52(88)70-7-9-71(53(89)35-38(56)32(50(86)68(5)14-26(80)17-74)41(59)47(44(35)62)65-29(83)20-92-23(2)77)11-12-72(10-8-70)54(90)36-39(57)33(51(87)69(6)15-27(81)18-75)42(60)48(45(36)63)66-30(84)21-93-24(3)78/h25-27,31,35,37,44,73-75,79-81H,7-21H2,1-6H3,(H,64,82)(H,65,83)(H,66,84). The first kappa shape index (κ1) is 83.6. The summed E-state index contributed by atoms with van der Waals surface area (Å²) in [5, 5.41) is 68.3. The van der Waals surface area contributed by atoms with Crippen molar-refractivity contribution in [3.8, 4) is 0 Å². The summed E-state index contributed by atoms with van der Waals surface area (Å²) in [6, 6.07) is 0. The van der Waals surface area contributed by atoms with Crippen molar-refractivity contribution >= 4 is 280 Å². The summed E-state index contributed by atoms with van der Waals surface area (Å²) in [7, 11) is 4.05. The molecule has 7 atom stereocenters. The number of aliphatic hydroxyl groups excluding tert-OH is 6. The van der Waals surface area contributed by atoms with Crippen molar-refractivity contribution in [2.45, 2.75) is 46.9 Å². The Morgan fingerprint density at radius 2 is 0.914 bits per heavy atom. The van der Waals surface area contributed by atoms with Crippen molar-refractivity contribution in [3.63, 3.8) is 0 Å². The lowest BCUT2D eigenvalue weighted by Crippen LogP contribution is -2.50. The highest BCUT2D eigenvalue weighted by molar-refractivity contribution is 14.1. The maximum absolute atomic E-state index is 15.9. The van der Waals surface area contributed by atoms with Crippen LogP contribution < -0.4 is 16.0 Å². The van der Waals surface area contributed by atoms with Gasteiger partial charge in [-0.3, -0.25) is 57.5 Å². The molecule has 1 saturated heterocycles. The molecular formula is C54H64I9N9O21. The van der Waals surface area contributed by atoms with Gasteiger partial charge in [0.2, 0.25) is 11.8 Å². The minimum absolute atomic E-state index is 0.00974. The normalized spacial score (nSPS) is 18.9. The molecule has 1 aromatic rings. The van der Waals surface area contributed by atoms with Crippen LogP contribution in [-0.4, -0.2) is 277 Å². The average Bonchev–Trinajstić information content (AvgIpc) is 1.00. The SMILES string of the molecule is CC(=O)OCC(=O)NC1=C(I)C(C(=O)N(C)CC(O)CO)C(I)C(C(=O)N2CCN(C(=O)c3c(I)c(NC(=O)COC(C)=O)c(I)c(C(=O)N(C)CC(O)CO)c3I)CCN(C(=O)C3C(I)=C(C(=O)N(C)CC(O)CO)C(I)=C(NC(=O)COC(C)=O)C3I)CC2)=C1I. The van der Waals surface area contributed by atoms with E-state index in [0.29, 0.717) is 0 Å². The van der Waals surface area contributed by atoms with Crippen molar-refractivity contribution in [3.05, 3.63) is 58.7 Å². The van der Waals surface area contributed by atoms with Crippen LogP contribution in [0.3, 0.4) is 0 Å². The number of esters is 3. The van der Waals surface area contributed by atoms with Crippen LogP contribution in [0.4, 0.5) is 5.69 Å². The third-order valence-electron chi connectivity index (χ3n) is 13.8. The Labute approximate surface area is 656 Å². The molecule has 0 spiro atoms. The number of hydrogen-bond acceptors (Lipinski definition) is 21. The smallest absolute Gasteiger partial charge is 0.303 e. The van der Waals surface area contributed by atoms with Gasteiger partial charge in [0, 0.05) is 130 Å². The molecule has 0 saturated carbocycles. The molecule has 1 heterocycles. The fourth-order valence-corrected chi connectivity index (χ4v) is 23.6. The zero-order valence-electron chi connectivity index (χ0n) is 50.0. The molecule has 2 aliphatic carbocycles. The first-order valence-corrected chi connectivity index (χ1v) is 37.4. The minimum atomic E-state index is -1.39. The molecule has 7 unspecified atom stereocenters. The van der Waals surface area contributed by atoms with E-state index in [2.05, 4.69) is 16.0 Å². The molecule has 4 rings (SSSR count). The van der Waals surface area contributed by atoms with Gasteiger partial charge in [0.25, 0.3) is 41.4 Å². The Hall–Kier alpha value is -1.85. The van der Waals surface area contributed by atoms with Crippen LogP contribution >= 0.6 is 203 Å². The number of nitrogens with one attached hydrogen (secondary N) is 3. The number of benzene rings is 1. The molecule has 39 heteroatoms. The molecule has 1 fully saturated rings. The van der Waals surface area contributed by atoms with Crippen LogP contribution in [0.2, 0.25) is 0 Å². The molecule has 3 aliphatic rings. The van der Waals surface area contributed by atoms with Gasteiger partial charge in [-0.05, 0) is 158 Å². The Kier molecular flexibility index (Phi) is 34.7. The van der Waals surface area contributed by atoms with Gasteiger partial charge < -0.3 is 90.2 Å². The first-order valence-electron chi connectivity index (χ1n) is 27.3. The summed E-state index contributed by atoms with van der Waals surface area (Å²) >= 11 is 16.6. The van der Waals surface area contributed by atoms with E-state index in [1.165, 1.54) is 35.8 Å². The van der Waals surface area contributed by atoms with Crippen molar-refractivity contribution in [1.82, 2.24) is 40.0 Å². The van der Waals surface area contributed by atoms with Gasteiger partial charge in [-0.15, -0.1) is 0 Å². The van der Waals surface area contributed by atoms with Gasteiger partial charge in [-0.1, -0.05) is 45.2 Å². The molecule has 9 N–H and O–H groups in total. The maximum Gasteiger partial charge on any atom is 0.303 e. The van der Waals surface area contributed by atoms with Gasteiger partial charge >= 0.3 is 17.9 Å². The molecule has 93 heavy (non-hydrogen) atoms. The van der Waals surface area contributed by atoms with E-state index in [9.17, 15) is 73.8 Å². The zero-order chi connectivity index (χ0) is 70.4. The molecule has 30 nitrogen and oxygen atoms in total. The maximum atomic E-state index is 15.9. The highest BCUT2D eigenvalue weighted by atomic mass is 127. The molecular weight excluding hydrogens is 2250 g/mol. The summed E-state index contributed by atoms with van der Waals surface area (Å²) in [6.07, 6.45) is -4.14. The molecule has 0 bridgehead atoms. The fourth-order valence-electron chi connectivity index (χ4n) is 9.13. The predicted molar refractivity (Wildman–Crippen MR) is 407 cm³/mol. The van der Waals surface area contributed by atoms with E-state index < -0.39 is 149 Å². The predicted octanol–water partition coefficient (Wildman–Crippen LogP) is 1.06. The number of alkyl halides is 2. The number of carbonyl (C=O) groups is 12. The zero-order valence-corrected chi connectivity index (χ0v) is 69.5. The lowest BCUT2D eigenvalue weighted by molar-refractivity contribution is -0.146. The number of ether oxygens (including phenoxy) is 3. The number of aliphatic hydroxyl groups is 6. The second-order valence-corrected chi connectivity index (χ2v) is 31.1. The first-order chi connectivity index (χ1) is 43.5. The Morgan fingerprint density at radius 1 is 0.505 bits per heavy atom. The van der Waals surface area contributed by atoms with Crippen LogP contribution in [0.5, 0.6) is 0 Å². The van der Waals surface area contributed by atoms with Crippen molar-refractivity contribution in [1.29, 1.82) is 0 Å². The van der Waals surface area contributed by atoms with E-state index in [1.807, 2.05) is 158 Å². The fraction of sp³-hybridized carbons (Fsp3) is 0.519. The molecule has 514 valence electrons. The lowest BCUT2D eigenvalue weighted by Gasteiger charge is -2.37. The van der Waals surface area contributed by atoms with E-state index >= 15 is 14.4 Å². The molecule has 0 radical (unpaired) electrons. The average molecular weight is 2320 g/mol. The van der Waals surface area contributed by atoms with Crippen LogP contribution in [0.25, 0.3) is 0 Å². The number of hydrogen-bond donors (Lipinski definition) is 9. The Bertz CT molecular complexity index is 3280. The highest BCUT2D eigenvalue weighted by Crippen LogP contribution is 2.47. The van der Waals surface area contributed by atoms with Gasteiger partial charge in [-0.2, -0.15) is 0 Å². The number of amides is 9. The largest absolute Gasteiger partial charge is 0.456 e. The van der Waals surface area contributed by atoms with Crippen LogP contribution in [0, 0.1) is 22.5 Å². The monoisotopic (exact) mass is 2320 g/mol. The molecule has 0 aromatic heterocycles. The van der Waals surface area contributed by atoms with E-state index in [1.54, 1.807) is 45.2 Å². The Morgan fingerprint density at radius 3 is 1.38 bits per heavy atom. The van der Waals surface area contributed by atoms with Crippen molar-refractivity contribution in [2.75, 3.05) is 125 Å². The second-order valence-electron chi connectivity index (χ2n) is 20.7. The topological polar surface area (TPSA) is 409 Å². The Balaban J connectivity index is 2.07. The number of carbonyl (C=O) groups excluding carboxylic acids is 12. The summed E-state index contributed by atoms with van der Waals surface area (Å²) < 4.78 is 13.7. The van der Waals surface area contributed by atoms with Crippen LogP contribution in [-0.2, 0) is 62.2 Å². The summed E-state index contributed by atoms with van der Waals surface area (Å²) in [4.78, 5) is 174. The van der Waals surface area contributed by atoms with E-state index in [-0.39, 0.29) is 123 Å². The number of allylic oxidation sites excluding steroid dienone is 2. The summed E-state index contributed by atoms with van der Waals surface area (Å²) in [6.45, 7) is -4.14. The van der Waals surface area contributed by atoms with E-state index in [0.717, 1.165) is 35.5 Å². The summed E-state index contributed by atoms with van der Waals surface area (Å²) in [5.74, 6) is -11.9. The number of nitrogens with zero attached hydrogens (tertiary/aromatic N) is 6. The van der Waals surface area contributed by atoms with Crippen molar-refractivity contribution < 1.29 is 102 Å². The van der Waals surface area contributed by atoms with Gasteiger partial charge in [-0.25, -0.2) is 0 Å². The van der Waals surface area contributed by atoms with Gasteiger partial charge in [0.05, 0.1) is 93.0 Å². The molecule has 9 amide bonds. The second kappa shape index (κ2) is 38.7. The molecule has 1 aliphatic heterocycles. The summed E-state index contributed by atoms with van der Waals surface area (Å²) in [5.41, 5.74) is -0.454.